The van der Waals surface area contributed by atoms with E-state index in [2.05, 4.69) is 31.9 Å². The Morgan fingerprint density at radius 1 is 1.36 bits per heavy atom. The number of hydrogen-bond acceptors (Lipinski definition) is 4. The quantitative estimate of drug-likeness (QED) is 0.302. The molecule has 0 aliphatic carbocycles. The van der Waals surface area contributed by atoms with E-state index in [-0.39, 0.29) is 35.9 Å². The molecule has 1 aliphatic rings. The van der Waals surface area contributed by atoms with Gasteiger partial charge in [0.25, 0.3) is 0 Å². The second-order valence-corrected chi connectivity index (χ2v) is 7.41. The second kappa shape index (κ2) is 11.3. The van der Waals surface area contributed by atoms with Crippen LogP contribution in [0.15, 0.2) is 29.3 Å². The highest BCUT2D eigenvalue weighted by Crippen LogP contribution is 2.30. The van der Waals surface area contributed by atoms with Gasteiger partial charge in [-0.25, -0.2) is 0 Å². The number of aliphatic imine (C=N–C) groups is 1. The molecule has 1 aromatic carbocycles. The number of methoxy groups -OCH3 is 1. The fourth-order valence-corrected chi connectivity index (χ4v) is 3.19. The average Bonchev–Trinajstić information content (AvgIpc) is 3.13. The maximum absolute atomic E-state index is 12.0. The molecule has 1 atom stereocenters. The van der Waals surface area contributed by atoms with Gasteiger partial charge in [-0.1, -0.05) is 12.1 Å². The first kappa shape index (κ1) is 24.3. The van der Waals surface area contributed by atoms with Crippen LogP contribution in [0.5, 0.6) is 5.75 Å². The van der Waals surface area contributed by atoms with E-state index in [4.69, 9.17) is 4.74 Å². The SMILES string of the molecule is CCNC(=NCC(C)(C)C(=O)NC)NC1CCN(c2ccccc2OC)C1.I. The zero-order chi connectivity index (χ0) is 19.9. The molecule has 1 amide bonds. The number of benzene rings is 1. The van der Waals surface area contributed by atoms with Gasteiger partial charge < -0.3 is 25.6 Å². The Bertz CT molecular complexity index is 666. The molecule has 0 aromatic heterocycles. The molecule has 7 nitrogen and oxygen atoms in total. The molecule has 158 valence electrons. The van der Waals surface area contributed by atoms with Crippen molar-refractivity contribution in [2.24, 2.45) is 10.4 Å². The molecule has 1 aromatic rings. The lowest BCUT2D eigenvalue weighted by Crippen LogP contribution is -2.45. The zero-order valence-corrected chi connectivity index (χ0v) is 19.9. The van der Waals surface area contributed by atoms with Crippen LogP contribution in [0.3, 0.4) is 0 Å². The van der Waals surface area contributed by atoms with E-state index in [0.29, 0.717) is 6.54 Å². The summed E-state index contributed by atoms with van der Waals surface area (Å²) in [5, 5.41) is 9.49. The molecule has 8 heteroatoms. The predicted octanol–water partition coefficient (Wildman–Crippen LogP) is 2.22. The summed E-state index contributed by atoms with van der Waals surface area (Å²) in [6.45, 7) is 8.87. The monoisotopic (exact) mass is 503 g/mol. The molecule has 0 saturated carbocycles. The van der Waals surface area contributed by atoms with Crippen molar-refractivity contribution in [3.05, 3.63) is 24.3 Å². The molecule has 2 rings (SSSR count). The van der Waals surface area contributed by atoms with Crippen LogP contribution in [0.25, 0.3) is 0 Å². The molecule has 1 unspecified atom stereocenters. The fraction of sp³-hybridized carbons (Fsp3) is 0.600. The summed E-state index contributed by atoms with van der Waals surface area (Å²) in [7, 11) is 3.36. The zero-order valence-electron chi connectivity index (χ0n) is 17.5. The Kier molecular flexibility index (Phi) is 9.84. The number of rotatable bonds is 7. The Labute approximate surface area is 185 Å². The molecule has 0 bridgehead atoms. The first-order chi connectivity index (χ1) is 12.9. The number of amides is 1. The van der Waals surface area contributed by atoms with Crippen LogP contribution in [0.4, 0.5) is 5.69 Å². The van der Waals surface area contributed by atoms with Gasteiger partial charge in [-0.05, 0) is 39.3 Å². The van der Waals surface area contributed by atoms with E-state index < -0.39 is 5.41 Å². The number of halogens is 1. The summed E-state index contributed by atoms with van der Waals surface area (Å²) in [5.41, 5.74) is 0.572. The topological polar surface area (TPSA) is 78.0 Å². The van der Waals surface area contributed by atoms with Crippen LogP contribution in [0.1, 0.15) is 27.2 Å². The summed E-state index contributed by atoms with van der Waals surface area (Å²) < 4.78 is 5.49. The highest BCUT2D eigenvalue weighted by Gasteiger charge is 2.28. The fourth-order valence-electron chi connectivity index (χ4n) is 3.19. The summed E-state index contributed by atoms with van der Waals surface area (Å²) >= 11 is 0. The summed E-state index contributed by atoms with van der Waals surface area (Å²) in [6, 6.07) is 8.38. The van der Waals surface area contributed by atoms with Crippen LogP contribution in [0, 0.1) is 5.41 Å². The number of hydrogen-bond donors (Lipinski definition) is 3. The lowest BCUT2D eigenvalue weighted by molar-refractivity contribution is -0.128. The Balaban J connectivity index is 0.00000392. The third-order valence-electron chi connectivity index (χ3n) is 4.77. The number of guanidine groups is 1. The minimum atomic E-state index is -0.545. The van der Waals surface area contributed by atoms with Gasteiger partial charge in [0.1, 0.15) is 5.75 Å². The van der Waals surface area contributed by atoms with Gasteiger partial charge in [0, 0.05) is 32.7 Å². The van der Waals surface area contributed by atoms with Gasteiger partial charge in [0.2, 0.25) is 5.91 Å². The van der Waals surface area contributed by atoms with Crippen molar-refractivity contribution < 1.29 is 9.53 Å². The van der Waals surface area contributed by atoms with Crippen molar-refractivity contribution in [3.63, 3.8) is 0 Å². The number of carbonyl (C=O) groups excluding carboxylic acids is 1. The van der Waals surface area contributed by atoms with E-state index in [1.54, 1.807) is 14.2 Å². The number of anilines is 1. The Morgan fingerprint density at radius 2 is 2.07 bits per heavy atom. The van der Waals surface area contributed by atoms with Gasteiger partial charge in [0.15, 0.2) is 5.96 Å². The maximum Gasteiger partial charge on any atom is 0.227 e. The second-order valence-electron chi connectivity index (χ2n) is 7.41. The van der Waals surface area contributed by atoms with Gasteiger partial charge >= 0.3 is 0 Å². The predicted molar refractivity (Wildman–Crippen MR) is 126 cm³/mol. The van der Waals surface area contributed by atoms with Crippen molar-refractivity contribution in [1.82, 2.24) is 16.0 Å². The molecule has 3 N–H and O–H groups in total. The highest BCUT2D eigenvalue weighted by molar-refractivity contribution is 14.0. The molecule has 0 spiro atoms. The van der Waals surface area contributed by atoms with Crippen molar-refractivity contribution in [1.29, 1.82) is 0 Å². The number of ether oxygens (including phenoxy) is 1. The summed E-state index contributed by atoms with van der Waals surface area (Å²) in [6.07, 6.45) is 1.02. The van der Waals surface area contributed by atoms with E-state index >= 15 is 0 Å². The molecule has 1 saturated heterocycles. The van der Waals surface area contributed by atoms with Crippen molar-refractivity contribution in [2.75, 3.05) is 45.2 Å². The Morgan fingerprint density at radius 3 is 2.71 bits per heavy atom. The van der Waals surface area contributed by atoms with E-state index in [9.17, 15) is 4.79 Å². The molecular weight excluding hydrogens is 469 g/mol. The number of nitrogens with one attached hydrogen (secondary N) is 3. The lowest BCUT2D eigenvalue weighted by Gasteiger charge is -2.23. The number of para-hydroxylation sites is 2. The number of nitrogens with zero attached hydrogens (tertiary/aromatic N) is 2. The molecule has 0 radical (unpaired) electrons. The van der Waals surface area contributed by atoms with E-state index in [1.807, 2.05) is 39.0 Å². The molecule has 1 aliphatic heterocycles. The van der Waals surface area contributed by atoms with Crippen LogP contribution in [-0.4, -0.2) is 58.2 Å². The minimum Gasteiger partial charge on any atom is -0.495 e. The van der Waals surface area contributed by atoms with Gasteiger partial charge in [-0.15, -0.1) is 24.0 Å². The lowest BCUT2D eigenvalue weighted by atomic mass is 9.93. The van der Waals surface area contributed by atoms with Crippen LogP contribution < -0.4 is 25.6 Å². The highest BCUT2D eigenvalue weighted by atomic mass is 127. The van der Waals surface area contributed by atoms with Gasteiger partial charge in [0.05, 0.1) is 24.8 Å². The first-order valence-corrected chi connectivity index (χ1v) is 9.56. The molecule has 28 heavy (non-hydrogen) atoms. The van der Waals surface area contributed by atoms with Crippen LogP contribution >= 0.6 is 24.0 Å². The summed E-state index contributed by atoms with van der Waals surface area (Å²) in [5.74, 6) is 1.64. The first-order valence-electron chi connectivity index (χ1n) is 9.56. The standard InChI is InChI=1S/C20H33N5O2.HI/c1-6-22-19(23-14-20(2,3)18(26)21-4)24-15-11-12-25(13-15)16-9-7-8-10-17(16)27-5;/h7-10,15H,6,11-14H2,1-5H3,(H,21,26)(H2,22,23,24);1H. The van der Waals surface area contributed by atoms with Gasteiger partial charge in [-0.3, -0.25) is 9.79 Å². The van der Waals surface area contributed by atoms with E-state index in [1.165, 1.54) is 0 Å². The normalized spacial score (nSPS) is 17.0. The van der Waals surface area contributed by atoms with Gasteiger partial charge in [-0.2, -0.15) is 0 Å². The maximum atomic E-state index is 12.0. The molecule has 1 heterocycles. The van der Waals surface area contributed by atoms with Crippen molar-refractivity contribution >= 4 is 41.5 Å². The van der Waals surface area contributed by atoms with E-state index in [0.717, 1.165) is 43.5 Å². The number of carbonyl (C=O) groups is 1. The molecular formula is C20H34IN5O2. The smallest absolute Gasteiger partial charge is 0.227 e. The average molecular weight is 503 g/mol. The van der Waals surface area contributed by atoms with Crippen molar-refractivity contribution in [3.8, 4) is 5.75 Å². The van der Waals surface area contributed by atoms with Crippen molar-refractivity contribution in [2.45, 2.75) is 33.2 Å². The minimum absolute atomic E-state index is 0. The third kappa shape index (κ3) is 6.42. The van der Waals surface area contributed by atoms with Crippen LogP contribution in [0.2, 0.25) is 0 Å². The van der Waals surface area contributed by atoms with Crippen LogP contribution in [-0.2, 0) is 4.79 Å². The largest absolute Gasteiger partial charge is 0.495 e. The third-order valence-corrected chi connectivity index (χ3v) is 4.77. The summed E-state index contributed by atoms with van der Waals surface area (Å²) in [4.78, 5) is 18.9. The Hall–Kier alpha value is -1.71. The molecule has 1 fully saturated rings.